The van der Waals surface area contributed by atoms with Crippen LogP contribution in [0.2, 0.25) is 0 Å². The summed E-state index contributed by atoms with van der Waals surface area (Å²) in [7, 11) is 0. The Morgan fingerprint density at radius 1 is 1.14 bits per heavy atom. The number of fused-ring (bicyclic) bond motifs is 3. The lowest BCUT2D eigenvalue weighted by Crippen LogP contribution is -2.13. The van der Waals surface area contributed by atoms with Crippen LogP contribution in [0.25, 0.3) is 16.9 Å². The van der Waals surface area contributed by atoms with Gasteiger partial charge in [-0.1, -0.05) is 0 Å². The van der Waals surface area contributed by atoms with Gasteiger partial charge in [-0.25, -0.2) is 9.97 Å². The van der Waals surface area contributed by atoms with Gasteiger partial charge in [0.25, 0.3) is 0 Å². The van der Waals surface area contributed by atoms with E-state index in [0.29, 0.717) is 12.4 Å². The van der Waals surface area contributed by atoms with Gasteiger partial charge in [-0.15, -0.1) is 0 Å². The summed E-state index contributed by atoms with van der Waals surface area (Å²) in [6.07, 6.45) is 5.89. The van der Waals surface area contributed by atoms with Crippen LogP contribution in [0, 0.1) is 3.57 Å². The summed E-state index contributed by atoms with van der Waals surface area (Å²) >= 11 is 2.28. The Morgan fingerprint density at radius 3 is 2.76 bits per heavy atom. The van der Waals surface area contributed by atoms with Crippen molar-refractivity contribution < 1.29 is 4.79 Å². The van der Waals surface area contributed by atoms with Gasteiger partial charge in [-0.3, -0.25) is 9.36 Å². The van der Waals surface area contributed by atoms with Gasteiger partial charge in [0, 0.05) is 39.0 Å². The van der Waals surface area contributed by atoms with Crippen LogP contribution in [-0.2, 0) is 6.42 Å². The van der Waals surface area contributed by atoms with Crippen molar-refractivity contribution in [3.8, 4) is 5.95 Å². The first kappa shape index (κ1) is 12.9. The second-order valence-electron chi connectivity index (χ2n) is 5.14. The van der Waals surface area contributed by atoms with Crippen molar-refractivity contribution in [3.05, 3.63) is 51.5 Å². The number of ketones is 1. The van der Waals surface area contributed by atoms with Gasteiger partial charge in [-0.2, -0.15) is 0 Å². The summed E-state index contributed by atoms with van der Waals surface area (Å²) < 4.78 is 3.17. The number of nitrogens with zero attached hydrogens (tertiary/aromatic N) is 3. The normalized spacial score (nSPS) is 14.4. The molecule has 0 amide bonds. The number of benzene rings is 1. The number of carbonyl (C=O) groups excluding carboxylic acids is 1. The number of aromatic nitrogens is 3. The highest BCUT2D eigenvalue weighted by molar-refractivity contribution is 14.1. The first-order valence-corrected chi connectivity index (χ1v) is 7.97. The molecule has 0 unspecified atom stereocenters. The highest BCUT2D eigenvalue weighted by Gasteiger charge is 2.27. The number of hydrogen-bond acceptors (Lipinski definition) is 3. The Bertz CT molecular complexity index is 855. The van der Waals surface area contributed by atoms with Crippen LogP contribution in [0.5, 0.6) is 0 Å². The lowest BCUT2D eigenvalue weighted by Gasteiger charge is -2.13. The quantitative estimate of drug-likeness (QED) is 0.599. The summed E-state index contributed by atoms with van der Waals surface area (Å²) in [5.74, 6) is 0.873. The van der Waals surface area contributed by atoms with Crippen LogP contribution in [0.15, 0.2) is 36.7 Å². The molecule has 21 heavy (non-hydrogen) atoms. The zero-order valence-electron chi connectivity index (χ0n) is 11.2. The smallest absolute Gasteiger partial charge is 0.234 e. The average molecular weight is 389 g/mol. The van der Waals surface area contributed by atoms with Crippen LogP contribution in [0.3, 0.4) is 0 Å². The highest BCUT2D eigenvalue weighted by atomic mass is 127. The number of Topliss-reactive ketones (excluding diaryl/α,β-unsaturated/α-hetero) is 1. The molecule has 2 aromatic heterocycles. The van der Waals surface area contributed by atoms with Crippen LogP contribution in [0.4, 0.5) is 0 Å². The Balaban J connectivity index is 2.13. The van der Waals surface area contributed by atoms with E-state index in [1.807, 2.05) is 4.57 Å². The van der Waals surface area contributed by atoms with Crippen LogP contribution >= 0.6 is 22.6 Å². The molecule has 104 valence electrons. The number of rotatable bonds is 1. The molecule has 0 saturated heterocycles. The third-order valence-corrected chi connectivity index (χ3v) is 4.55. The SMILES string of the molecule is O=C1CCCc2c1c1cc(I)ccc1n2-c1ncccn1. The number of halogens is 1. The van der Waals surface area contributed by atoms with Gasteiger partial charge in [-0.05, 0) is 59.7 Å². The molecule has 0 fully saturated rings. The third-order valence-electron chi connectivity index (χ3n) is 3.88. The molecule has 1 aromatic carbocycles. The zero-order valence-corrected chi connectivity index (χ0v) is 13.4. The molecule has 0 N–H and O–H groups in total. The second-order valence-corrected chi connectivity index (χ2v) is 6.39. The monoisotopic (exact) mass is 389 g/mol. The van der Waals surface area contributed by atoms with Gasteiger partial charge in [0.15, 0.2) is 5.78 Å². The van der Waals surface area contributed by atoms with Gasteiger partial charge < -0.3 is 0 Å². The summed E-state index contributed by atoms with van der Waals surface area (Å²) in [5, 5.41) is 1.02. The minimum absolute atomic E-state index is 0.234. The van der Waals surface area contributed by atoms with Crippen LogP contribution in [0.1, 0.15) is 28.9 Å². The predicted molar refractivity (Wildman–Crippen MR) is 88.9 cm³/mol. The summed E-state index contributed by atoms with van der Waals surface area (Å²) in [6, 6.07) is 7.99. The maximum atomic E-state index is 12.4. The fourth-order valence-corrected chi connectivity index (χ4v) is 3.53. The van der Waals surface area contributed by atoms with E-state index in [4.69, 9.17) is 0 Å². The molecule has 4 nitrogen and oxygen atoms in total. The predicted octanol–water partition coefficient (Wildman–Crippen LogP) is 3.54. The molecule has 5 heteroatoms. The first-order valence-electron chi connectivity index (χ1n) is 6.89. The van der Waals surface area contributed by atoms with E-state index < -0.39 is 0 Å². The average Bonchev–Trinajstić information content (AvgIpc) is 2.83. The van der Waals surface area contributed by atoms with Crippen molar-refractivity contribution in [2.45, 2.75) is 19.3 Å². The first-order chi connectivity index (χ1) is 10.3. The molecule has 1 aliphatic carbocycles. The third kappa shape index (κ3) is 1.98. The Labute approximate surface area is 135 Å². The molecule has 4 rings (SSSR count). The summed E-state index contributed by atoms with van der Waals surface area (Å²) in [6.45, 7) is 0. The molecule has 0 saturated carbocycles. The van der Waals surface area contributed by atoms with Crippen molar-refractivity contribution in [1.82, 2.24) is 14.5 Å². The maximum absolute atomic E-state index is 12.4. The lowest BCUT2D eigenvalue weighted by atomic mass is 9.94. The topological polar surface area (TPSA) is 47.8 Å². The fourth-order valence-electron chi connectivity index (χ4n) is 3.04. The molecule has 3 aromatic rings. The number of hydrogen-bond donors (Lipinski definition) is 0. The molecule has 0 aliphatic heterocycles. The molecular formula is C16H12IN3O. The minimum atomic E-state index is 0.234. The van der Waals surface area contributed by atoms with Crippen molar-refractivity contribution in [3.63, 3.8) is 0 Å². The minimum Gasteiger partial charge on any atom is -0.294 e. The lowest BCUT2D eigenvalue weighted by molar-refractivity contribution is 0.0973. The van der Waals surface area contributed by atoms with E-state index in [2.05, 4.69) is 50.8 Å². The van der Waals surface area contributed by atoms with Gasteiger partial charge in [0.05, 0.1) is 5.52 Å². The summed E-state index contributed by atoms with van der Waals surface area (Å²) in [4.78, 5) is 21.1. The molecule has 2 heterocycles. The molecule has 0 spiro atoms. The zero-order chi connectivity index (χ0) is 14.4. The van der Waals surface area contributed by atoms with E-state index in [1.54, 1.807) is 18.5 Å². The van der Waals surface area contributed by atoms with Crippen molar-refractivity contribution in [2.75, 3.05) is 0 Å². The van der Waals surface area contributed by atoms with Gasteiger partial charge in [0.1, 0.15) is 0 Å². The van der Waals surface area contributed by atoms with Crippen molar-refractivity contribution >= 4 is 39.3 Å². The van der Waals surface area contributed by atoms with E-state index >= 15 is 0 Å². The molecule has 0 bridgehead atoms. The van der Waals surface area contributed by atoms with Crippen LogP contribution in [-0.4, -0.2) is 20.3 Å². The standard InChI is InChI=1S/C16H12IN3O/c17-10-5-6-12-11(9-10)15-13(3-1-4-14(15)21)20(12)16-18-7-2-8-19-16/h2,5-9H,1,3-4H2. The van der Waals surface area contributed by atoms with Crippen molar-refractivity contribution in [2.24, 2.45) is 0 Å². The Morgan fingerprint density at radius 2 is 1.95 bits per heavy atom. The van der Waals surface area contributed by atoms with Gasteiger partial charge >= 0.3 is 0 Å². The van der Waals surface area contributed by atoms with Crippen molar-refractivity contribution in [1.29, 1.82) is 0 Å². The van der Waals surface area contributed by atoms with E-state index in [-0.39, 0.29) is 5.78 Å². The fraction of sp³-hybridized carbons (Fsp3) is 0.188. The molecule has 0 atom stereocenters. The molecular weight excluding hydrogens is 377 g/mol. The van der Waals surface area contributed by atoms with Crippen LogP contribution < -0.4 is 0 Å². The highest BCUT2D eigenvalue weighted by Crippen LogP contribution is 2.34. The summed E-state index contributed by atoms with van der Waals surface area (Å²) in [5.41, 5.74) is 2.93. The Hall–Kier alpha value is -1.76. The number of carbonyl (C=O) groups is 1. The second kappa shape index (κ2) is 4.91. The van der Waals surface area contributed by atoms with E-state index in [9.17, 15) is 4.79 Å². The maximum Gasteiger partial charge on any atom is 0.234 e. The Kier molecular flexibility index (Phi) is 3.02. The van der Waals surface area contributed by atoms with E-state index in [1.165, 1.54) is 0 Å². The van der Waals surface area contributed by atoms with Gasteiger partial charge in [0.2, 0.25) is 5.95 Å². The molecule has 1 aliphatic rings. The molecule has 0 radical (unpaired) electrons. The van der Waals surface area contributed by atoms with E-state index in [0.717, 1.165) is 38.6 Å². The largest absolute Gasteiger partial charge is 0.294 e.